The van der Waals surface area contributed by atoms with Crippen molar-refractivity contribution in [2.45, 2.75) is 13.8 Å². The highest BCUT2D eigenvalue weighted by Crippen LogP contribution is 2.22. The molecule has 0 amide bonds. The van der Waals surface area contributed by atoms with E-state index in [1.54, 1.807) is 6.08 Å². The van der Waals surface area contributed by atoms with Crippen LogP contribution in [0.25, 0.3) is 12.2 Å². The number of nitrogens with zero attached hydrogens (tertiary/aromatic N) is 1. The molecule has 0 unspecified atom stereocenters. The molecule has 1 aromatic heterocycles. The Hall–Kier alpha value is -1.50. The monoisotopic (exact) mass is 187 g/mol. The van der Waals surface area contributed by atoms with Crippen LogP contribution in [-0.4, -0.2) is 4.57 Å². The molecule has 0 bridgehead atoms. The second kappa shape index (κ2) is 4.14. The predicted octanol–water partition coefficient (Wildman–Crippen LogP) is 3.48. The van der Waals surface area contributed by atoms with E-state index in [1.807, 2.05) is 12.2 Å². The Morgan fingerprint density at radius 1 is 1.07 bits per heavy atom. The number of allylic oxidation sites excluding steroid dienone is 2. The van der Waals surface area contributed by atoms with Crippen LogP contribution in [0.5, 0.6) is 0 Å². The Kier molecular flexibility index (Phi) is 3.13. The molecule has 0 fully saturated rings. The lowest BCUT2D eigenvalue weighted by Gasteiger charge is -2.00. The van der Waals surface area contributed by atoms with Gasteiger partial charge < -0.3 is 4.57 Å². The van der Waals surface area contributed by atoms with Crippen molar-refractivity contribution in [2.75, 3.05) is 0 Å². The average Bonchev–Trinajstić information content (AvgIpc) is 2.37. The molecule has 0 saturated carbocycles. The molecule has 1 heteroatoms. The number of aromatic nitrogens is 1. The molecule has 1 rings (SSSR count). The topological polar surface area (TPSA) is 4.93 Å². The molecule has 0 atom stereocenters. The zero-order chi connectivity index (χ0) is 10.7. The average molecular weight is 187 g/mol. The summed E-state index contributed by atoms with van der Waals surface area (Å²) in [5.41, 5.74) is 5.01. The first-order valence-electron chi connectivity index (χ1n) is 4.70. The third-order valence-electron chi connectivity index (χ3n) is 2.64. The molecule has 0 aliphatic carbocycles. The first-order valence-corrected chi connectivity index (χ1v) is 4.70. The van der Waals surface area contributed by atoms with Gasteiger partial charge in [-0.2, -0.15) is 0 Å². The SMILES string of the molecule is C=C/C=C\c1c(C)c(C)c(C=C)n1C. The lowest BCUT2D eigenvalue weighted by atomic mass is 10.1. The summed E-state index contributed by atoms with van der Waals surface area (Å²) in [5.74, 6) is 0. The fourth-order valence-corrected chi connectivity index (χ4v) is 1.70. The number of rotatable bonds is 3. The van der Waals surface area contributed by atoms with Gasteiger partial charge in [-0.3, -0.25) is 0 Å². The molecule has 1 heterocycles. The van der Waals surface area contributed by atoms with E-state index in [1.165, 1.54) is 22.5 Å². The van der Waals surface area contributed by atoms with Crippen LogP contribution in [0.1, 0.15) is 22.5 Å². The smallest absolute Gasteiger partial charge is 0.0441 e. The summed E-state index contributed by atoms with van der Waals surface area (Å²) in [6, 6.07) is 0. The number of hydrogen-bond acceptors (Lipinski definition) is 0. The third-order valence-corrected chi connectivity index (χ3v) is 2.64. The summed E-state index contributed by atoms with van der Waals surface area (Å²) in [6.07, 6.45) is 7.71. The zero-order valence-corrected chi connectivity index (χ0v) is 9.17. The second-order valence-corrected chi connectivity index (χ2v) is 3.38. The van der Waals surface area contributed by atoms with Gasteiger partial charge in [0.1, 0.15) is 0 Å². The van der Waals surface area contributed by atoms with Crippen LogP contribution in [0.15, 0.2) is 25.3 Å². The van der Waals surface area contributed by atoms with Crippen LogP contribution in [0.3, 0.4) is 0 Å². The highest BCUT2D eigenvalue weighted by Gasteiger charge is 2.09. The largest absolute Gasteiger partial charge is 0.344 e. The van der Waals surface area contributed by atoms with Crippen LogP contribution >= 0.6 is 0 Å². The standard InChI is InChI=1S/C13H17N/c1-6-8-9-13-11(4)10(3)12(7-2)14(13)5/h6-9H,1-2H2,3-5H3/b9-8-. The quantitative estimate of drug-likeness (QED) is 0.638. The van der Waals surface area contributed by atoms with E-state index in [0.29, 0.717) is 0 Å². The van der Waals surface area contributed by atoms with Crippen molar-refractivity contribution in [2.24, 2.45) is 7.05 Å². The summed E-state index contributed by atoms with van der Waals surface area (Å²) >= 11 is 0. The molecule has 14 heavy (non-hydrogen) atoms. The van der Waals surface area contributed by atoms with E-state index in [0.717, 1.165) is 0 Å². The molecule has 0 spiro atoms. The molecule has 0 aromatic carbocycles. The Labute approximate surface area is 86.1 Å². The van der Waals surface area contributed by atoms with Crippen molar-refractivity contribution >= 4 is 12.2 Å². The second-order valence-electron chi connectivity index (χ2n) is 3.38. The summed E-state index contributed by atoms with van der Waals surface area (Å²) in [6.45, 7) is 11.7. The molecular formula is C13H17N. The fourth-order valence-electron chi connectivity index (χ4n) is 1.70. The van der Waals surface area contributed by atoms with Gasteiger partial charge in [0, 0.05) is 18.4 Å². The Morgan fingerprint density at radius 2 is 1.64 bits per heavy atom. The van der Waals surface area contributed by atoms with Crippen molar-refractivity contribution in [1.82, 2.24) is 4.57 Å². The predicted molar refractivity (Wildman–Crippen MR) is 64.2 cm³/mol. The van der Waals surface area contributed by atoms with Crippen molar-refractivity contribution in [3.05, 3.63) is 47.8 Å². The minimum absolute atomic E-state index is 1.19. The van der Waals surface area contributed by atoms with Gasteiger partial charge in [-0.1, -0.05) is 25.3 Å². The van der Waals surface area contributed by atoms with Gasteiger partial charge in [-0.15, -0.1) is 0 Å². The van der Waals surface area contributed by atoms with Crippen LogP contribution in [0.4, 0.5) is 0 Å². The highest BCUT2D eigenvalue weighted by atomic mass is 15.0. The molecular weight excluding hydrogens is 170 g/mol. The van der Waals surface area contributed by atoms with Crippen LogP contribution < -0.4 is 0 Å². The fraction of sp³-hybridized carbons (Fsp3) is 0.231. The lowest BCUT2D eigenvalue weighted by Crippen LogP contribution is -1.93. The minimum atomic E-state index is 1.19. The summed E-state index contributed by atoms with van der Waals surface area (Å²) in [4.78, 5) is 0. The maximum absolute atomic E-state index is 3.82. The van der Waals surface area contributed by atoms with Crippen molar-refractivity contribution < 1.29 is 0 Å². The number of hydrogen-bond donors (Lipinski definition) is 0. The van der Waals surface area contributed by atoms with Crippen molar-refractivity contribution in [3.8, 4) is 0 Å². The molecule has 0 N–H and O–H groups in total. The molecule has 0 saturated heterocycles. The van der Waals surface area contributed by atoms with E-state index in [4.69, 9.17) is 0 Å². The van der Waals surface area contributed by atoms with Crippen LogP contribution in [0.2, 0.25) is 0 Å². The molecule has 1 aromatic rings. The van der Waals surface area contributed by atoms with Gasteiger partial charge in [0.15, 0.2) is 0 Å². The van der Waals surface area contributed by atoms with E-state index < -0.39 is 0 Å². The first kappa shape index (κ1) is 10.6. The van der Waals surface area contributed by atoms with Gasteiger partial charge in [0.2, 0.25) is 0 Å². The highest BCUT2D eigenvalue weighted by molar-refractivity contribution is 5.62. The maximum atomic E-state index is 3.82. The molecule has 0 radical (unpaired) electrons. The third kappa shape index (κ3) is 1.58. The molecule has 0 aliphatic rings. The molecule has 0 aliphatic heterocycles. The van der Waals surface area contributed by atoms with Crippen LogP contribution in [0, 0.1) is 13.8 Å². The Morgan fingerprint density at radius 3 is 2.07 bits per heavy atom. The van der Waals surface area contributed by atoms with E-state index in [9.17, 15) is 0 Å². The summed E-state index contributed by atoms with van der Waals surface area (Å²) in [7, 11) is 2.06. The lowest BCUT2D eigenvalue weighted by molar-refractivity contribution is 0.897. The van der Waals surface area contributed by atoms with Gasteiger partial charge in [-0.25, -0.2) is 0 Å². The van der Waals surface area contributed by atoms with Gasteiger partial charge >= 0.3 is 0 Å². The summed E-state index contributed by atoms with van der Waals surface area (Å²) < 4.78 is 2.15. The van der Waals surface area contributed by atoms with Gasteiger partial charge in [0.25, 0.3) is 0 Å². The minimum Gasteiger partial charge on any atom is -0.344 e. The van der Waals surface area contributed by atoms with Crippen molar-refractivity contribution in [1.29, 1.82) is 0 Å². The normalized spacial score (nSPS) is 10.8. The van der Waals surface area contributed by atoms with E-state index >= 15 is 0 Å². The first-order chi connectivity index (χ1) is 6.63. The Balaban J connectivity index is 3.36. The van der Waals surface area contributed by atoms with Gasteiger partial charge in [-0.05, 0) is 37.1 Å². The summed E-state index contributed by atoms with van der Waals surface area (Å²) in [5, 5.41) is 0. The van der Waals surface area contributed by atoms with Crippen LogP contribution in [-0.2, 0) is 7.05 Å². The molecule has 1 nitrogen and oxygen atoms in total. The van der Waals surface area contributed by atoms with Crippen molar-refractivity contribution in [3.63, 3.8) is 0 Å². The Bertz CT molecular complexity index is 392. The zero-order valence-electron chi connectivity index (χ0n) is 9.17. The maximum Gasteiger partial charge on any atom is 0.0441 e. The van der Waals surface area contributed by atoms with E-state index in [2.05, 4.69) is 44.7 Å². The van der Waals surface area contributed by atoms with E-state index in [-0.39, 0.29) is 0 Å². The van der Waals surface area contributed by atoms with Gasteiger partial charge in [0.05, 0.1) is 0 Å². The molecule has 74 valence electrons.